The SMILES string of the molecule is O=C1CCC(N2C(=O)c3cc(F)c(N4CCN(C(=O)/C=C/c5cccc(-c6ccc(Cl)cc6)c5)CC4)cc3C2=O)C(=O)N1. The molecule has 5 amide bonds. The molecule has 1 unspecified atom stereocenters. The Morgan fingerprint density at radius 1 is 0.884 bits per heavy atom. The number of nitrogens with one attached hydrogen (secondary N) is 1. The first-order valence-corrected chi connectivity index (χ1v) is 14.2. The molecule has 3 aliphatic heterocycles. The van der Waals surface area contributed by atoms with E-state index in [9.17, 15) is 24.0 Å². The molecule has 43 heavy (non-hydrogen) atoms. The number of rotatable bonds is 5. The van der Waals surface area contributed by atoms with Crippen molar-refractivity contribution in [3.8, 4) is 11.1 Å². The van der Waals surface area contributed by atoms with Crippen LogP contribution in [0.5, 0.6) is 0 Å². The van der Waals surface area contributed by atoms with E-state index in [0.717, 1.165) is 27.7 Å². The predicted molar refractivity (Wildman–Crippen MR) is 158 cm³/mol. The Morgan fingerprint density at radius 3 is 2.28 bits per heavy atom. The van der Waals surface area contributed by atoms with E-state index in [1.807, 2.05) is 48.5 Å². The van der Waals surface area contributed by atoms with Crippen LogP contribution in [0.1, 0.15) is 39.1 Å². The van der Waals surface area contributed by atoms with Gasteiger partial charge >= 0.3 is 0 Å². The molecule has 1 atom stereocenters. The fourth-order valence-electron chi connectivity index (χ4n) is 5.63. The number of halogens is 2. The van der Waals surface area contributed by atoms with Crippen LogP contribution < -0.4 is 10.2 Å². The van der Waals surface area contributed by atoms with E-state index in [4.69, 9.17) is 11.6 Å². The first kappa shape index (κ1) is 28.3. The molecule has 3 aromatic carbocycles. The smallest absolute Gasteiger partial charge is 0.262 e. The molecule has 9 nitrogen and oxygen atoms in total. The van der Waals surface area contributed by atoms with Gasteiger partial charge in [0, 0.05) is 43.7 Å². The van der Waals surface area contributed by atoms with Crippen LogP contribution >= 0.6 is 11.6 Å². The fourth-order valence-corrected chi connectivity index (χ4v) is 5.75. The van der Waals surface area contributed by atoms with E-state index in [1.165, 1.54) is 12.1 Å². The molecule has 6 rings (SSSR count). The molecule has 0 spiro atoms. The summed E-state index contributed by atoms with van der Waals surface area (Å²) in [6.07, 6.45) is 3.28. The van der Waals surface area contributed by atoms with Gasteiger partial charge in [0.05, 0.1) is 16.8 Å². The first-order chi connectivity index (χ1) is 20.7. The maximum Gasteiger partial charge on any atom is 0.262 e. The number of fused-ring (bicyclic) bond motifs is 1. The van der Waals surface area contributed by atoms with Gasteiger partial charge in [-0.3, -0.25) is 34.2 Å². The van der Waals surface area contributed by atoms with Crippen molar-refractivity contribution in [2.45, 2.75) is 18.9 Å². The number of anilines is 1. The largest absolute Gasteiger partial charge is 0.366 e. The summed E-state index contributed by atoms with van der Waals surface area (Å²) in [5.74, 6) is -3.51. The number of hydrogen-bond acceptors (Lipinski definition) is 6. The van der Waals surface area contributed by atoms with Crippen LogP contribution in [-0.2, 0) is 14.4 Å². The van der Waals surface area contributed by atoms with Crippen LogP contribution in [-0.4, -0.2) is 71.6 Å². The zero-order valence-electron chi connectivity index (χ0n) is 22.9. The molecule has 0 radical (unpaired) electrons. The molecule has 3 aromatic rings. The number of nitrogens with zero attached hydrogens (tertiary/aromatic N) is 3. The Morgan fingerprint density at radius 2 is 1.58 bits per heavy atom. The Hall–Kier alpha value is -4.83. The summed E-state index contributed by atoms with van der Waals surface area (Å²) in [7, 11) is 0. The minimum atomic E-state index is -1.13. The summed E-state index contributed by atoms with van der Waals surface area (Å²) in [6, 6.07) is 16.5. The average molecular weight is 601 g/mol. The van der Waals surface area contributed by atoms with Gasteiger partial charge in [-0.25, -0.2) is 4.39 Å². The summed E-state index contributed by atoms with van der Waals surface area (Å²) in [4.78, 5) is 67.1. The molecule has 218 valence electrons. The van der Waals surface area contributed by atoms with Gasteiger partial charge in [-0.1, -0.05) is 41.9 Å². The van der Waals surface area contributed by atoms with Gasteiger partial charge in [0.1, 0.15) is 11.9 Å². The third-order valence-electron chi connectivity index (χ3n) is 7.92. The number of amides is 5. The van der Waals surface area contributed by atoms with E-state index in [2.05, 4.69) is 5.32 Å². The molecular formula is C32H26ClFN4O5. The van der Waals surface area contributed by atoms with Crippen LogP contribution in [0.4, 0.5) is 10.1 Å². The van der Waals surface area contributed by atoms with Crippen molar-refractivity contribution in [3.05, 3.63) is 94.3 Å². The van der Waals surface area contributed by atoms with Crippen molar-refractivity contribution >= 4 is 52.9 Å². The van der Waals surface area contributed by atoms with Crippen LogP contribution in [0.25, 0.3) is 17.2 Å². The first-order valence-electron chi connectivity index (χ1n) is 13.8. The standard InChI is InChI=1S/C32H26ClFN4O5/c33-22-7-5-20(6-8-22)21-3-1-2-19(16-21)4-11-29(40)37-14-12-36(13-15-37)27-18-24-23(17-25(27)34)31(42)38(32(24)43)26-9-10-28(39)35-30(26)41/h1-8,11,16-18,26H,9-10,12-15H2,(H,35,39,41)/b11-4+. The minimum absolute atomic E-state index is 0.00258. The van der Waals surface area contributed by atoms with Gasteiger partial charge in [0.15, 0.2) is 0 Å². The Labute approximate surface area is 251 Å². The van der Waals surface area contributed by atoms with Gasteiger partial charge in [0.25, 0.3) is 11.8 Å². The second-order valence-electron chi connectivity index (χ2n) is 10.6. The summed E-state index contributed by atoms with van der Waals surface area (Å²) >= 11 is 5.99. The molecule has 0 aromatic heterocycles. The summed E-state index contributed by atoms with van der Waals surface area (Å²) in [5, 5.41) is 2.80. The topological polar surface area (TPSA) is 107 Å². The normalized spacial score (nSPS) is 18.8. The minimum Gasteiger partial charge on any atom is -0.366 e. The summed E-state index contributed by atoms with van der Waals surface area (Å²) < 4.78 is 15.2. The van der Waals surface area contributed by atoms with Gasteiger partial charge in [-0.2, -0.15) is 0 Å². The third kappa shape index (κ3) is 5.53. The van der Waals surface area contributed by atoms with E-state index in [0.29, 0.717) is 31.2 Å². The lowest BCUT2D eigenvalue weighted by Gasteiger charge is -2.36. The van der Waals surface area contributed by atoms with Crippen molar-refractivity contribution in [1.29, 1.82) is 0 Å². The lowest BCUT2D eigenvalue weighted by atomic mass is 10.0. The van der Waals surface area contributed by atoms with Crippen LogP contribution in [0, 0.1) is 5.82 Å². The lowest BCUT2D eigenvalue weighted by Crippen LogP contribution is -2.54. The van der Waals surface area contributed by atoms with Gasteiger partial charge in [-0.15, -0.1) is 0 Å². The number of carbonyl (C=O) groups is 5. The van der Waals surface area contributed by atoms with Crippen molar-refractivity contribution < 1.29 is 28.4 Å². The molecule has 0 bridgehead atoms. The number of carbonyl (C=O) groups excluding carboxylic acids is 5. The van der Waals surface area contributed by atoms with E-state index >= 15 is 4.39 Å². The Balaban J connectivity index is 1.11. The second kappa shape index (κ2) is 11.4. The predicted octanol–water partition coefficient (Wildman–Crippen LogP) is 3.91. The Bertz CT molecular complexity index is 1700. The van der Waals surface area contributed by atoms with E-state index < -0.39 is 35.5 Å². The van der Waals surface area contributed by atoms with Crippen LogP contribution in [0.2, 0.25) is 5.02 Å². The number of benzene rings is 3. The van der Waals surface area contributed by atoms with Gasteiger partial charge in [-0.05, 0) is 59.5 Å². The maximum absolute atomic E-state index is 15.2. The monoisotopic (exact) mass is 600 g/mol. The van der Waals surface area contributed by atoms with Crippen molar-refractivity contribution in [3.63, 3.8) is 0 Å². The summed E-state index contributed by atoms with van der Waals surface area (Å²) in [5.41, 5.74) is 2.91. The lowest BCUT2D eigenvalue weighted by molar-refractivity contribution is -0.136. The number of imide groups is 2. The fraction of sp³-hybridized carbons (Fsp3) is 0.219. The van der Waals surface area contributed by atoms with E-state index in [-0.39, 0.29) is 35.6 Å². The van der Waals surface area contributed by atoms with Crippen LogP contribution in [0.3, 0.4) is 0 Å². The molecule has 3 aliphatic rings. The molecule has 2 saturated heterocycles. The molecule has 0 saturated carbocycles. The highest BCUT2D eigenvalue weighted by molar-refractivity contribution is 6.30. The zero-order valence-corrected chi connectivity index (χ0v) is 23.6. The molecule has 1 N–H and O–H groups in total. The molecule has 11 heteroatoms. The number of piperidine rings is 1. The van der Waals surface area contributed by atoms with Crippen molar-refractivity contribution in [2.75, 3.05) is 31.1 Å². The second-order valence-corrected chi connectivity index (χ2v) is 11.0. The average Bonchev–Trinajstić information content (AvgIpc) is 3.24. The Kier molecular flexibility index (Phi) is 7.53. The highest BCUT2D eigenvalue weighted by Gasteiger charge is 2.45. The van der Waals surface area contributed by atoms with Crippen molar-refractivity contribution in [2.24, 2.45) is 0 Å². The third-order valence-corrected chi connectivity index (χ3v) is 8.17. The molecule has 2 fully saturated rings. The molecular weight excluding hydrogens is 575 g/mol. The highest BCUT2D eigenvalue weighted by atomic mass is 35.5. The molecule has 3 heterocycles. The van der Waals surface area contributed by atoms with Crippen LogP contribution in [0.15, 0.2) is 66.7 Å². The quantitative estimate of drug-likeness (QED) is 0.352. The van der Waals surface area contributed by atoms with Gasteiger partial charge < -0.3 is 9.80 Å². The summed E-state index contributed by atoms with van der Waals surface area (Å²) in [6.45, 7) is 1.31. The number of piperazine rings is 1. The zero-order chi connectivity index (χ0) is 30.2. The highest BCUT2D eigenvalue weighted by Crippen LogP contribution is 2.33. The van der Waals surface area contributed by atoms with Gasteiger partial charge in [0.2, 0.25) is 17.7 Å². The molecule has 0 aliphatic carbocycles. The maximum atomic E-state index is 15.2. The van der Waals surface area contributed by atoms with Crippen molar-refractivity contribution in [1.82, 2.24) is 15.1 Å². The number of hydrogen-bond donors (Lipinski definition) is 1. The van der Waals surface area contributed by atoms with E-state index in [1.54, 1.807) is 15.9 Å².